The Bertz CT molecular complexity index is 785. The SMILES string of the molecule is COc1cccc(/C=C/C(=O)NC2CCOc3ccccc32)c1OC. The molecule has 5 nitrogen and oxygen atoms in total. The maximum atomic E-state index is 12.3. The molecule has 2 aromatic rings. The van der Waals surface area contributed by atoms with Gasteiger partial charge in [0.1, 0.15) is 5.75 Å². The van der Waals surface area contributed by atoms with Crippen molar-refractivity contribution in [2.45, 2.75) is 12.5 Å². The first-order valence-electron chi connectivity index (χ1n) is 8.14. The van der Waals surface area contributed by atoms with Crippen molar-refractivity contribution in [2.24, 2.45) is 0 Å². The van der Waals surface area contributed by atoms with E-state index in [1.807, 2.05) is 42.5 Å². The van der Waals surface area contributed by atoms with E-state index in [4.69, 9.17) is 14.2 Å². The van der Waals surface area contributed by atoms with Crippen molar-refractivity contribution in [1.29, 1.82) is 0 Å². The lowest BCUT2D eigenvalue weighted by Crippen LogP contribution is -2.30. The number of hydrogen-bond acceptors (Lipinski definition) is 4. The molecule has 1 aliphatic heterocycles. The molecule has 130 valence electrons. The molecule has 0 fully saturated rings. The first-order chi connectivity index (χ1) is 12.2. The largest absolute Gasteiger partial charge is 0.493 e. The fraction of sp³-hybridized carbons (Fsp3) is 0.250. The number of hydrogen-bond donors (Lipinski definition) is 1. The zero-order valence-corrected chi connectivity index (χ0v) is 14.3. The van der Waals surface area contributed by atoms with Crippen LogP contribution in [-0.2, 0) is 4.79 Å². The lowest BCUT2D eigenvalue weighted by Gasteiger charge is -2.26. The van der Waals surface area contributed by atoms with E-state index in [9.17, 15) is 4.79 Å². The number of methoxy groups -OCH3 is 2. The van der Waals surface area contributed by atoms with Gasteiger partial charge < -0.3 is 19.5 Å². The van der Waals surface area contributed by atoms with Gasteiger partial charge in [0.05, 0.1) is 26.9 Å². The van der Waals surface area contributed by atoms with Crippen LogP contribution in [0.2, 0.25) is 0 Å². The Morgan fingerprint density at radius 1 is 1.16 bits per heavy atom. The molecule has 1 unspecified atom stereocenters. The van der Waals surface area contributed by atoms with Crippen LogP contribution in [0.15, 0.2) is 48.5 Å². The van der Waals surface area contributed by atoms with Gasteiger partial charge in [-0.15, -0.1) is 0 Å². The van der Waals surface area contributed by atoms with Crippen LogP contribution < -0.4 is 19.5 Å². The summed E-state index contributed by atoms with van der Waals surface area (Å²) < 4.78 is 16.3. The first-order valence-corrected chi connectivity index (χ1v) is 8.14. The summed E-state index contributed by atoms with van der Waals surface area (Å²) in [7, 11) is 3.16. The molecule has 1 heterocycles. The summed E-state index contributed by atoms with van der Waals surface area (Å²) in [6, 6.07) is 13.3. The molecule has 0 spiro atoms. The summed E-state index contributed by atoms with van der Waals surface area (Å²) in [5.74, 6) is 1.90. The number of nitrogens with one attached hydrogen (secondary N) is 1. The van der Waals surface area contributed by atoms with Gasteiger partial charge in [-0.1, -0.05) is 30.3 Å². The maximum absolute atomic E-state index is 12.3. The summed E-state index contributed by atoms with van der Waals surface area (Å²) in [5, 5.41) is 3.03. The Balaban J connectivity index is 1.73. The van der Waals surface area contributed by atoms with E-state index < -0.39 is 0 Å². The van der Waals surface area contributed by atoms with Crippen molar-refractivity contribution in [1.82, 2.24) is 5.32 Å². The summed E-state index contributed by atoms with van der Waals surface area (Å²) in [5.41, 5.74) is 1.79. The molecule has 0 radical (unpaired) electrons. The third-order valence-electron chi connectivity index (χ3n) is 4.12. The highest BCUT2D eigenvalue weighted by Crippen LogP contribution is 2.32. The molecule has 1 atom stereocenters. The van der Waals surface area contributed by atoms with E-state index in [0.29, 0.717) is 18.1 Å². The third kappa shape index (κ3) is 3.76. The van der Waals surface area contributed by atoms with Crippen molar-refractivity contribution < 1.29 is 19.0 Å². The van der Waals surface area contributed by atoms with Crippen LogP contribution in [0.25, 0.3) is 6.08 Å². The van der Waals surface area contributed by atoms with Gasteiger partial charge in [0.2, 0.25) is 5.91 Å². The average molecular weight is 339 g/mol. The molecular weight excluding hydrogens is 318 g/mol. The fourth-order valence-electron chi connectivity index (χ4n) is 2.92. The number of para-hydroxylation sites is 2. The molecule has 25 heavy (non-hydrogen) atoms. The standard InChI is InChI=1S/C20H21NO4/c1-23-18-9-5-6-14(20(18)24-2)10-11-19(22)21-16-12-13-25-17-8-4-3-7-15(16)17/h3-11,16H,12-13H2,1-2H3,(H,21,22)/b11-10+. The normalized spacial score (nSPS) is 16.0. The van der Waals surface area contributed by atoms with E-state index in [-0.39, 0.29) is 11.9 Å². The topological polar surface area (TPSA) is 56.8 Å². The van der Waals surface area contributed by atoms with Gasteiger partial charge in [0.15, 0.2) is 11.5 Å². The van der Waals surface area contributed by atoms with E-state index in [1.54, 1.807) is 20.3 Å². The highest BCUT2D eigenvalue weighted by atomic mass is 16.5. The first kappa shape index (κ1) is 16.9. The fourth-order valence-corrected chi connectivity index (χ4v) is 2.92. The van der Waals surface area contributed by atoms with Crippen molar-refractivity contribution in [3.8, 4) is 17.2 Å². The second-order valence-electron chi connectivity index (χ2n) is 5.65. The molecule has 0 aliphatic carbocycles. The third-order valence-corrected chi connectivity index (χ3v) is 4.12. The Labute approximate surface area is 147 Å². The Hall–Kier alpha value is -2.95. The van der Waals surface area contributed by atoms with Gasteiger partial charge in [-0.3, -0.25) is 4.79 Å². The molecule has 0 saturated heterocycles. The number of carbonyl (C=O) groups is 1. The second kappa shape index (κ2) is 7.75. The van der Waals surface area contributed by atoms with Crippen LogP contribution >= 0.6 is 0 Å². The number of benzene rings is 2. The van der Waals surface area contributed by atoms with Crippen LogP contribution in [-0.4, -0.2) is 26.7 Å². The van der Waals surface area contributed by atoms with Gasteiger partial charge in [-0.2, -0.15) is 0 Å². The molecular formula is C20H21NO4. The van der Waals surface area contributed by atoms with Crippen LogP contribution in [0.5, 0.6) is 17.2 Å². The monoisotopic (exact) mass is 339 g/mol. The summed E-state index contributed by atoms with van der Waals surface area (Å²) in [4.78, 5) is 12.3. The van der Waals surface area contributed by atoms with Crippen molar-refractivity contribution in [3.05, 3.63) is 59.7 Å². The highest BCUT2D eigenvalue weighted by molar-refractivity contribution is 5.92. The van der Waals surface area contributed by atoms with Gasteiger partial charge in [-0.25, -0.2) is 0 Å². The van der Waals surface area contributed by atoms with E-state index in [2.05, 4.69) is 5.32 Å². The minimum Gasteiger partial charge on any atom is -0.493 e. The molecule has 2 aromatic carbocycles. The number of ether oxygens (including phenoxy) is 3. The lowest BCUT2D eigenvalue weighted by molar-refractivity contribution is -0.117. The van der Waals surface area contributed by atoms with E-state index >= 15 is 0 Å². The zero-order chi connectivity index (χ0) is 17.6. The summed E-state index contributed by atoms with van der Waals surface area (Å²) in [6.45, 7) is 0.593. The summed E-state index contributed by atoms with van der Waals surface area (Å²) >= 11 is 0. The number of carbonyl (C=O) groups excluding carboxylic acids is 1. The summed E-state index contributed by atoms with van der Waals surface area (Å²) in [6.07, 6.45) is 3.98. The van der Waals surface area contributed by atoms with Crippen LogP contribution in [0.3, 0.4) is 0 Å². The predicted octanol–water partition coefficient (Wildman–Crippen LogP) is 3.36. The molecule has 0 bridgehead atoms. The van der Waals surface area contributed by atoms with E-state index in [1.165, 1.54) is 6.08 Å². The van der Waals surface area contributed by atoms with Gasteiger partial charge in [0.25, 0.3) is 0 Å². The number of rotatable bonds is 5. The molecule has 1 aliphatic rings. The molecule has 1 amide bonds. The molecule has 3 rings (SSSR count). The maximum Gasteiger partial charge on any atom is 0.244 e. The molecule has 1 N–H and O–H groups in total. The average Bonchev–Trinajstić information content (AvgIpc) is 2.66. The van der Waals surface area contributed by atoms with Crippen molar-refractivity contribution in [3.63, 3.8) is 0 Å². The highest BCUT2D eigenvalue weighted by Gasteiger charge is 2.21. The molecule has 0 aromatic heterocycles. The van der Waals surface area contributed by atoms with E-state index in [0.717, 1.165) is 23.3 Å². The molecule has 5 heteroatoms. The van der Waals surface area contributed by atoms with Gasteiger partial charge >= 0.3 is 0 Å². The van der Waals surface area contributed by atoms with Crippen LogP contribution in [0.1, 0.15) is 23.6 Å². The number of amides is 1. The minimum absolute atomic E-state index is 0.0469. The predicted molar refractivity (Wildman–Crippen MR) is 96.0 cm³/mol. The van der Waals surface area contributed by atoms with Crippen molar-refractivity contribution in [2.75, 3.05) is 20.8 Å². The van der Waals surface area contributed by atoms with Crippen LogP contribution in [0.4, 0.5) is 0 Å². The lowest BCUT2D eigenvalue weighted by atomic mass is 10.0. The second-order valence-corrected chi connectivity index (χ2v) is 5.65. The molecule has 0 saturated carbocycles. The Kier molecular flexibility index (Phi) is 5.23. The van der Waals surface area contributed by atoms with Gasteiger partial charge in [0, 0.05) is 23.6 Å². The Morgan fingerprint density at radius 2 is 2.00 bits per heavy atom. The van der Waals surface area contributed by atoms with Gasteiger partial charge in [-0.05, 0) is 18.2 Å². The smallest absolute Gasteiger partial charge is 0.244 e. The minimum atomic E-state index is -0.161. The Morgan fingerprint density at radius 3 is 2.80 bits per heavy atom. The van der Waals surface area contributed by atoms with Crippen LogP contribution in [0, 0.1) is 0 Å². The number of fused-ring (bicyclic) bond motifs is 1. The quantitative estimate of drug-likeness (QED) is 0.849. The van der Waals surface area contributed by atoms with Crippen molar-refractivity contribution >= 4 is 12.0 Å². The zero-order valence-electron chi connectivity index (χ0n) is 14.3.